The molecule has 1 nitrogen and oxygen atoms in total. The third-order valence-electron chi connectivity index (χ3n) is 2.45. The number of benzene rings is 2. The first-order valence-electron chi connectivity index (χ1n) is 5.19. The van der Waals surface area contributed by atoms with Crippen LogP contribution in [0, 0.1) is 7.14 Å². The normalized spacial score (nSPS) is 10.2. The van der Waals surface area contributed by atoms with Gasteiger partial charge in [-0.2, -0.15) is 0 Å². The molecule has 2 aromatic carbocycles. The highest BCUT2D eigenvalue weighted by Gasteiger charge is 2.09. The third kappa shape index (κ3) is 3.51. The molecule has 0 bridgehead atoms. The third-order valence-corrected chi connectivity index (χ3v) is 4.11. The summed E-state index contributed by atoms with van der Waals surface area (Å²) < 4.78 is 2.20. The Kier molecular flexibility index (Phi) is 4.55. The van der Waals surface area contributed by atoms with E-state index < -0.39 is 0 Å². The smallest absolute Gasteiger partial charge is 0.168 e. The number of halogens is 2. The van der Waals surface area contributed by atoms with Gasteiger partial charge < -0.3 is 0 Å². The van der Waals surface area contributed by atoms with Gasteiger partial charge in [-0.15, -0.1) is 0 Å². The molecule has 0 aliphatic rings. The second-order valence-corrected chi connectivity index (χ2v) is 6.11. The number of carbonyl (C=O) groups is 1. The zero-order valence-electron chi connectivity index (χ0n) is 8.99. The van der Waals surface area contributed by atoms with Crippen molar-refractivity contribution in [2.75, 3.05) is 0 Å². The number of Topliss-reactive ketones (excluding diaryl/α,β-unsaturated/α-hetero) is 1. The van der Waals surface area contributed by atoms with Crippen LogP contribution in [0.1, 0.15) is 15.9 Å². The minimum Gasteiger partial charge on any atom is -0.294 e. The van der Waals surface area contributed by atoms with E-state index in [1.54, 1.807) is 0 Å². The van der Waals surface area contributed by atoms with Gasteiger partial charge in [0.2, 0.25) is 0 Å². The van der Waals surface area contributed by atoms with Crippen molar-refractivity contribution in [1.29, 1.82) is 0 Å². The maximum Gasteiger partial charge on any atom is 0.168 e. The zero-order chi connectivity index (χ0) is 12.3. The standard InChI is InChI=1S/C14H10I2O/c15-11-7-5-10(6-8-11)9-14(17)12-3-1-2-4-13(12)16/h1-8H,9H2. The van der Waals surface area contributed by atoms with Gasteiger partial charge in [0.25, 0.3) is 0 Å². The number of ketones is 1. The Morgan fingerprint density at radius 2 is 1.59 bits per heavy atom. The molecule has 0 aliphatic carbocycles. The molecule has 0 atom stereocenters. The van der Waals surface area contributed by atoms with Crippen molar-refractivity contribution in [2.45, 2.75) is 6.42 Å². The molecule has 0 aliphatic heterocycles. The lowest BCUT2D eigenvalue weighted by Gasteiger charge is -2.04. The number of hydrogen-bond donors (Lipinski definition) is 0. The summed E-state index contributed by atoms with van der Waals surface area (Å²) in [4.78, 5) is 12.1. The fourth-order valence-corrected chi connectivity index (χ4v) is 2.62. The predicted molar refractivity (Wildman–Crippen MR) is 86.4 cm³/mol. The Hall–Kier alpha value is -0.430. The number of rotatable bonds is 3. The molecule has 0 unspecified atom stereocenters. The molecule has 0 N–H and O–H groups in total. The monoisotopic (exact) mass is 448 g/mol. The van der Waals surface area contributed by atoms with Crippen molar-refractivity contribution in [3.63, 3.8) is 0 Å². The van der Waals surface area contributed by atoms with Crippen LogP contribution in [-0.2, 0) is 6.42 Å². The van der Waals surface area contributed by atoms with Gasteiger partial charge in [-0.05, 0) is 68.9 Å². The molecule has 0 aromatic heterocycles. The average molecular weight is 448 g/mol. The van der Waals surface area contributed by atoms with Gasteiger partial charge in [0.15, 0.2) is 5.78 Å². The first kappa shape index (κ1) is 13.0. The van der Waals surface area contributed by atoms with Crippen LogP contribution >= 0.6 is 45.2 Å². The molecule has 0 radical (unpaired) electrons. The van der Waals surface area contributed by atoms with Crippen molar-refractivity contribution in [3.05, 3.63) is 66.8 Å². The second-order valence-electron chi connectivity index (χ2n) is 3.71. The van der Waals surface area contributed by atoms with Crippen molar-refractivity contribution in [3.8, 4) is 0 Å². The molecule has 0 fully saturated rings. The molecule has 86 valence electrons. The summed E-state index contributed by atoms with van der Waals surface area (Å²) in [5.74, 6) is 0.177. The van der Waals surface area contributed by atoms with Crippen LogP contribution in [0.5, 0.6) is 0 Å². The summed E-state index contributed by atoms with van der Waals surface area (Å²) in [5, 5.41) is 0. The SMILES string of the molecule is O=C(Cc1ccc(I)cc1)c1ccccc1I. The van der Waals surface area contributed by atoms with Gasteiger partial charge in [-0.3, -0.25) is 4.79 Å². The van der Waals surface area contributed by atoms with Gasteiger partial charge in [-0.1, -0.05) is 30.3 Å². The van der Waals surface area contributed by atoms with E-state index in [0.717, 1.165) is 14.7 Å². The molecule has 17 heavy (non-hydrogen) atoms. The molecular weight excluding hydrogens is 438 g/mol. The van der Waals surface area contributed by atoms with Gasteiger partial charge in [0.05, 0.1) is 0 Å². The van der Waals surface area contributed by atoms with Crippen LogP contribution in [0.4, 0.5) is 0 Å². The predicted octanol–water partition coefficient (Wildman–Crippen LogP) is 4.32. The maximum atomic E-state index is 12.1. The van der Waals surface area contributed by atoms with Crippen LogP contribution in [0.25, 0.3) is 0 Å². The molecule has 0 saturated heterocycles. The molecule has 0 saturated carbocycles. The van der Waals surface area contributed by atoms with E-state index in [0.29, 0.717) is 6.42 Å². The molecule has 2 rings (SSSR count). The lowest BCUT2D eigenvalue weighted by Crippen LogP contribution is -2.05. The van der Waals surface area contributed by atoms with E-state index in [1.807, 2.05) is 48.5 Å². The summed E-state index contributed by atoms with van der Waals surface area (Å²) in [6.07, 6.45) is 0.469. The first-order chi connectivity index (χ1) is 8.16. The van der Waals surface area contributed by atoms with Crippen LogP contribution in [0.3, 0.4) is 0 Å². The Morgan fingerprint density at radius 3 is 2.24 bits per heavy atom. The number of hydrogen-bond acceptors (Lipinski definition) is 1. The van der Waals surface area contributed by atoms with Crippen LogP contribution in [0.2, 0.25) is 0 Å². The van der Waals surface area contributed by atoms with Crippen molar-refractivity contribution >= 4 is 51.0 Å². The Labute approximate surface area is 128 Å². The minimum absolute atomic E-state index is 0.177. The van der Waals surface area contributed by atoms with Gasteiger partial charge >= 0.3 is 0 Å². The van der Waals surface area contributed by atoms with E-state index in [4.69, 9.17) is 0 Å². The minimum atomic E-state index is 0.177. The molecule has 3 heteroatoms. The Morgan fingerprint density at radius 1 is 0.941 bits per heavy atom. The summed E-state index contributed by atoms with van der Waals surface area (Å²) in [6.45, 7) is 0. The number of carbonyl (C=O) groups excluding carboxylic acids is 1. The van der Waals surface area contributed by atoms with Crippen molar-refractivity contribution in [1.82, 2.24) is 0 Å². The van der Waals surface area contributed by atoms with E-state index in [9.17, 15) is 4.79 Å². The topological polar surface area (TPSA) is 17.1 Å². The molecular formula is C14H10I2O. The second kappa shape index (κ2) is 5.95. The lowest BCUT2D eigenvalue weighted by atomic mass is 10.0. The molecule has 0 spiro atoms. The average Bonchev–Trinajstić information content (AvgIpc) is 2.32. The fraction of sp³-hybridized carbons (Fsp3) is 0.0714. The molecule has 0 heterocycles. The van der Waals surface area contributed by atoms with Crippen molar-refractivity contribution in [2.24, 2.45) is 0 Å². The van der Waals surface area contributed by atoms with E-state index in [2.05, 4.69) is 45.2 Å². The lowest BCUT2D eigenvalue weighted by molar-refractivity contribution is 0.0992. The van der Waals surface area contributed by atoms with Gasteiger partial charge in [0, 0.05) is 19.1 Å². The Balaban J connectivity index is 2.17. The summed E-state index contributed by atoms with van der Waals surface area (Å²) in [5.41, 5.74) is 1.88. The van der Waals surface area contributed by atoms with Crippen LogP contribution < -0.4 is 0 Å². The highest BCUT2D eigenvalue weighted by molar-refractivity contribution is 14.1. The summed E-state index contributed by atoms with van der Waals surface area (Å²) >= 11 is 4.46. The van der Waals surface area contributed by atoms with Crippen molar-refractivity contribution < 1.29 is 4.79 Å². The first-order valence-corrected chi connectivity index (χ1v) is 7.35. The van der Waals surface area contributed by atoms with E-state index in [1.165, 1.54) is 3.57 Å². The van der Waals surface area contributed by atoms with Gasteiger partial charge in [0.1, 0.15) is 0 Å². The summed E-state index contributed by atoms with van der Waals surface area (Å²) in [6, 6.07) is 15.8. The summed E-state index contributed by atoms with van der Waals surface area (Å²) in [7, 11) is 0. The van der Waals surface area contributed by atoms with Gasteiger partial charge in [-0.25, -0.2) is 0 Å². The van der Waals surface area contributed by atoms with Crippen LogP contribution in [-0.4, -0.2) is 5.78 Å². The highest BCUT2D eigenvalue weighted by Crippen LogP contribution is 2.15. The van der Waals surface area contributed by atoms with E-state index in [-0.39, 0.29) is 5.78 Å². The zero-order valence-corrected chi connectivity index (χ0v) is 13.3. The fourth-order valence-electron chi connectivity index (χ4n) is 1.57. The highest BCUT2D eigenvalue weighted by atomic mass is 127. The molecule has 2 aromatic rings. The van der Waals surface area contributed by atoms with E-state index >= 15 is 0 Å². The molecule has 0 amide bonds. The van der Waals surface area contributed by atoms with Crippen LogP contribution in [0.15, 0.2) is 48.5 Å². The largest absolute Gasteiger partial charge is 0.294 e. The maximum absolute atomic E-state index is 12.1. The quantitative estimate of drug-likeness (QED) is 0.505. The Bertz CT molecular complexity index is 532.